The van der Waals surface area contributed by atoms with E-state index in [0.29, 0.717) is 5.82 Å². The third-order valence-electron chi connectivity index (χ3n) is 1.43. The number of nitrogens with one attached hydrogen (secondary N) is 2. The van der Waals surface area contributed by atoms with Crippen LogP contribution in [0.25, 0.3) is 0 Å². The van der Waals surface area contributed by atoms with Crippen LogP contribution in [0.2, 0.25) is 0 Å². The van der Waals surface area contributed by atoms with Crippen molar-refractivity contribution >= 4 is 21.7 Å². The van der Waals surface area contributed by atoms with Crippen molar-refractivity contribution in [2.24, 2.45) is 0 Å². The predicted molar refractivity (Wildman–Crippen MR) is 55.7 cm³/mol. The zero-order valence-corrected chi connectivity index (χ0v) is 8.91. The molecule has 0 saturated heterocycles. The van der Waals surface area contributed by atoms with Gasteiger partial charge in [-0.15, -0.1) is 0 Å². The molecule has 1 aromatic rings. The van der Waals surface area contributed by atoms with E-state index in [1.165, 1.54) is 6.20 Å². The monoisotopic (exact) mass is 229 g/mol. The Morgan fingerprint density at radius 3 is 2.73 bits per heavy atom. The van der Waals surface area contributed by atoms with Gasteiger partial charge in [-0.3, -0.25) is 4.79 Å². The molecule has 0 aliphatic rings. The van der Waals surface area contributed by atoms with E-state index in [0.717, 1.165) is 6.26 Å². The van der Waals surface area contributed by atoms with Gasteiger partial charge in [-0.05, 0) is 12.1 Å². The van der Waals surface area contributed by atoms with Crippen LogP contribution in [0.15, 0.2) is 24.4 Å². The molecule has 0 atom stereocenters. The highest BCUT2D eigenvalue weighted by Crippen LogP contribution is 1.98. The Morgan fingerprint density at radius 2 is 2.20 bits per heavy atom. The summed E-state index contributed by atoms with van der Waals surface area (Å²) in [7, 11) is -3.34. The summed E-state index contributed by atoms with van der Waals surface area (Å²) in [6.07, 6.45) is 2.51. The Kier molecular flexibility index (Phi) is 3.75. The first-order chi connectivity index (χ1) is 6.97. The first-order valence-corrected chi connectivity index (χ1v) is 6.02. The van der Waals surface area contributed by atoms with Crippen LogP contribution in [0.4, 0.5) is 5.82 Å². The van der Waals surface area contributed by atoms with Crippen LogP contribution in [0, 0.1) is 0 Å². The van der Waals surface area contributed by atoms with E-state index in [2.05, 4.69) is 15.0 Å². The predicted octanol–water partition coefficient (Wildman–Crippen LogP) is -0.431. The zero-order chi connectivity index (χ0) is 11.3. The number of carbonyl (C=O) groups excluding carboxylic acids is 1. The second kappa shape index (κ2) is 4.85. The first-order valence-electron chi connectivity index (χ1n) is 4.13. The van der Waals surface area contributed by atoms with Gasteiger partial charge in [0.2, 0.25) is 15.9 Å². The summed E-state index contributed by atoms with van der Waals surface area (Å²) in [5, 5.41) is 2.44. The van der Waals surface area contributed by atoms with E-state index in [1.807, 2.05) is 0 Å². The fourth-order valence-corrected chi connectivity index (χ4v) is 1.21. The van der Waals surface area contributed by atoms with Gasteiger partial charge in [-0.2, -0.15) is 0 Å². The van der Waals surface area contributed by atoms with Crippen LogP contribution < -0.4 is 10.0 Å². The fourth-order valence-electron chi connectivity index (χ4n) is 0.820. The number of pyridine rings is 1. The molecule has 15 heavy (non-hydrogen) atoms. The molecule has 1 heterocycles. The number of carbonyl (C=O) groups is 1. The van der Waals surface area contributed by atoms with Gasteiger partial charge in [0.1, 0.15) is 5.82 Å². The molecule has 1 rings (SSSR count). The van der Waals surface area contributed by atoms with Crippen LogP contribution in [0.5, 0.6) is 0 Å². The molecule has 2 N–H and O–H groups in total. The Morgan fingerprint density at radius 1 is 1.47 bits per heavy atom. The van der Waals surface area contributed by atoms with Crippen molar-refractivity contribution in [3.8, 4) is 0 Å². The minimum absolute atomic E-state index is 0.296. The molecule has 7 heteroatoms. The maximum Gasteiger partial charge on any atom is 0.240 e. The van der Waals surface area contributed by atoms with E-state index in [1.54, 1.807) is 18.2 Å². The third-order valence-corrected chi connectivity index (χ3v) is 2.10. The van der Waals surface area contributed by atoms with Gasteiger partial charge in [-0.1, -0.05) is 6.07 Å². The number of aromatic nitrogens is 1. The Labute approximate surface area is 87.8 Å². The molecule has 0 spiro atoms. The van der Waals surface area contributed by atoms with Gasteiger partial charge in [0.25, 0.3) is 0 Å². The van der Waals surface area contributed by atoms with Crippen LogP contribution in [-0.4, -0.2) is 32.1 Å². The molecule has 0 aliphatic heterocycles. The van der Waals surface area contributed by atoms with Gasteiger partial charge in [-0.25, -0.2) is 18.1 Å². The summed E-state index contributed by atoms with van der Waals surface area (Å²) in [5.74, 6) is -0.0723. The Hall–Kier alpha value is -1.47. The molecule has 0 fully saturated rings. The molecule has 0 unspecified atom stereocenters. The van der Waals surface area contributed by atoms with E-state index < -0.39 is 15.9 Å². The maximum absolute atomic E-state index is 11.2. The lowest BCUT2D eigenvalue weighted by Crippen LogP contribution is -2.32. The van der Waals surface area contributed by atoms with Crippen molar-refractivity contribution in [2.75, 3.05) is 18.1 Å². The summed E-state index contributed by atoms with van der Waals surface area (Å²) in [6.45, 7) is -0.296. The second-order valence-corrected chi connectivity index (χ2v) is 4.69. The van der Waals surface area contributed by atoms with Crippen molar-refractivity contribution < 1.29 is 13.2 Å². The lowest BCUT2D eigenvalue weighted by Gasteiger charge is -2.03. The fraction of sp³-hybridized carbons (Fsp3) is 0.250. The summed E-state index contributed by atoms with van der Waals surface area (Å²) in [6, 6.07) is 5.04. The largest absolute Gasteiger partial charge is 0.310 e. The number of hydrogen-bond donors (Lipinski definition) is 2. The number of anilines is 1. The van der Waals surface area contributed by atoms with E-state index >= 15 is 0 Å². The smallest absolute Gasteiger partial charge is 0.240 e. The Bertz CT molecular complexity index is 430. The zero-order valence-electron chi connectivity index (χ0n) is 8.10. The molecule has 82 valence electrons. The number of hydrogen-bond acceptors (Lipinski definition) is 4. The van der Waals surface area contributed by atoms with Gasteiger partial charge in [0, 0.05) is 6.20 Å². The summed E-state index contributed by atoms with van der Waals surface area (Å²) in [5.41, 5.74) is 0. The molecular weight excluding hydrogens is 218 g/mol. The van der Waals surface area contributed by atoms with Crippen LogP contribution in [0.1, 0.15) is 0 Å². The highest BCUT2D eigenvalue weighted by Gasteiger charge is 2.06. The van der Waals surface area contributed by atoms with Crippen molar-refractivity contribution in [2.45, 2.75) is 0 Å². The third kappa shape index (κ3) is 5.08. The summed E-state index contributed by atoms with van der Waals surface area (Å²) < 4.78 is 23.4. The summed E-state index contributed by atoms with van der Waals surface area (Å²) in [4.78, 5) is 15.0. The number of amides is 1. The lowest BCUT2D eigenvalue weighted by molar-refractivity contribution is -0.115. The van der Waals surface area contributed by atoms with Gasteiger partial charge in [0.15, 0.2) is 0 Å². The molecule has 1 aromatic heterocycles. The van der Waals surface area contributed by atoms with Crippen LogP contribution >= 0.6 is 0 Å². The minimum Gasteiger partial charge on any atom is -0.310 e. The average Bonchev–Trinajstić information content (AvgIpc) is 2.15. The lowest BCUT2D eigenvalue weighted by atomic mass is 10.4. The van der Waals surface area contributed by atoms with Crippen molar-refractivity contribution in [3.63, 3.8) is 0 Å². The normalized spacial score (nSPS) is 11.0. The Balaban J connectivity index is 2.44. The number of nitrogens with zero attached hydrogens (tertiary/aromatic N) is 1. The maximum atomic E-state index is 11.2. The SMILES string of the molecule is CS(=O)(=O)NCC(=O)Nc1ccccn1. The topological polar surface area (TPSA) is 88.2 Å². The molecular formula is C8H11N3O3S. The molecule has 6 nitrogen and oxygen atoms in total. The molecule has 0 bridgehead atoms. The molecule has 0 radical (unpaired) electrons. The highest BCUT2D eigenvalue weighted by atomic mass is 32.2. The van der Waals surface area contributed by atoms with Crippen molar-refractivity contribution in [1.82, 2.24) is 9.71 Å². The van der Waals surface area contributed by atoms with Crippen molar-refractivity contribution in [1.29, 1.82) is 0 Å². The van der Waals surface area contributed by atoms with E-state index in [-0.39, 0.29) is 6.54 Å². The van der Waals surface area contributed by atoms with Gasteiger partial charge < -0.3 is 5.32 Å². The van der Waals surface area contributed by atoms with Gasteiger partial charge in [0.05, 0.1) is 12.8 Å². The minimum atomic E-state index is -3.34. The van der Waals surface area contributed by atoms with Crippen molar-refractivity contribution in [3.05, 3.63) is 24.4 Å². The van der Waals surface area contributed by atoms with Crippen LogP contribution in [-0.2, 0) is 14.8 Å². The molecule has 0 aliphatic carbocycles. The van der Waals surface area contributed by atoms with Gasteiger partial charge >= 0.3 is 0 Å². The number of rotatable bonds is 4. The molecule has 0 aromatic carbocycles. The quantitative estimate of drug-likeness (QED) is 0.733. The second-order valence-electron chi connectivity index (χ2n) is 2.86. The van der Waals surface area contributed by atoms with Crippen LogP contribution in [0.3, 0.4) is 0 Å². The molecule has 1 amide bonds. The summed E-state index contributed by atoms with van der Waals surface area (Å²) >= 11 is 0. The van der Waals surface area contributed by atoms with E-state index in [4.69, 9.17) is 0 Å². The van der Waals surface area contributed by atoms with E-state index in [9.17, 15) is 13.2 Å². The first kappa shape index (κ1) is 11.6. The molecule has 0 saturated carbocycles. The standard InChI is InChI=1S/C8H11N3O3S/c1-15(13,14)10-6-8(12)11-7-4-2-3-5-9-7/h2-5,10H,6H2,1H3,(H,9,11,12). The highest BCUT2D eigenvalue weighted by molar-refractivity contribution is 7.88. The average molecular weight is 229 g/mol. The number of sulfonamides is 1.